The molecule has 0 bridgehead atoms. The molecule has 0 saturated heterocycles. The molecule has 0 atom stereocenters. The van der Waals surface area contributed by atoms with Gasteiger partial charge in [-0.25, -0.2) is 0 Å². The molecule has 0 spiro atoms. The van der Waals surface area contributed by atoms with Gasteiger partial charge in [-0.1, -0.05) is 221 Å². The van der Waals surface area contributed by atoms with Crippen molar-refractivity contribution in [3.8, 4) is 0 Å². The van der Waals surface area contributed by atoms with Gasteiger partial charge in [0.05, 0.1) is 12.2 Å². The maximum atomic E-state index is 11.6. The van der Waals surface area contributed by atoms with E-state index in [1.807, 2.05) is 182 Å². The van der Waals surface area contributed by atoms with Crippen LogP contribution in [-0.4, -0.2) is 48.6 Å². The zero-order chi connectivity index (χ0) is 37.9. The molecule has 2 aliphatic carbocycles. The molecule has 284 valence electrons. The zero-order valence-electron chi connectivity index (χ0n) is 31.8. The van der Waals surface area contributed by atoms with Crippen LogP contribution >= 0.6 is 0 Å². The summed E-state index contributed by atoms with van der Waals surface area (Å²) in [5.74, 6) is 0. The fraction of sp³-hybridized carbons (Fsp3) is 0.250. The van der Waals surface area contributed by atoms with E-state index in [-0.39, 0.29) is 38.4 Å². The van der Waals surface area contributed by atoms with Crippen molar-refractivity contribution < 1.29 is 46.0 Å². The molecule has 0 radical (unpaired) electrons. The van der Waals surface area contributed by atoms with Crippen LogP contribution < -0.4 is 31.1 Å². The molecule has 2 saturated carbocycles. The molecular weight excluding hydrogens is 788 g/mol. The number of aliphatic hydroxyl groups excluding tert-OH is 2. The minimum atomic E-state index is -2.88. The van der Waals surface area contributed by atoms with Gasteiger partial charge in [0.25, 0.3) is 16.6 Å². The average molecular weight is 844 g/mol. The minimum absolute atomic E-state index is 0. The van der Waals surface area contributed by atoms with Gasteiger partial charge in [0.2, 0.25) is 0 Å². The summed E-state index contributed by atoms with van der Waals surface area (Å²) in [5.41, 5.74) is 0. The van der Waals surface area contributed by atoms with Crippen LogP contribution in [0, 0.1) is 0 Å². The second-order valence-electron chi connectivity index (χ2n) is 14.2. The maximum absolute atomic E-state index is 11.6. The Morgan fingerprint density at radius 3 is 0.582 bits per heavy atom. The predicted molar refractivity (Wildman–Crippen MR) is 231 cm³/mol. The Hall–Kier alpha value is -3.52. The summed E-state index contributed by atoms with van der Waals surface area (Å²) < 4.78 is 0. The van der Waals surface area contributed by atoms with E-state index in [0.29, 0.717) is 0 Å². The van der Waals surface area contributed by atoms with E-state index >= 15 is 0 Å². The number of benzene rings is 6. The van der Waals surface area contributed by atoms with E-state index in [9.17, 15) is 9.59 Å². The first-order chi connectivity index (χ1) is 26.4. The van der Waals surface area contributed by atoms with Crippen LogP contribution in [0.1, 0.15) is 64.2 Å². The van der Waals surface area contributed by atoms with Crippen molar-refractivity contribution in [2.75, 3.05) is 0 Å². The summed E-state index contributed by atoms with van der Waals surface area (Å²) >= 11 is 0. The number of rotatable bonds is 6. The smallest absolute Gasteiger partial charge is 0.285 e. The molecule has 0 amide bonds. The molecule has 55 heavy (non-hydrogen) atoms. The van der Waals surface area contributed by atoms with E-state index in [1.54, 1.807) is 0 Å². The molecule has 0 aromatic heterocycles. The predicted octanol–water partition coefficient (Wildman–Crippen LogP) is 5.91. The summed E-state index contributed by atoms with van der Waals surface area (Å²) in [6, 6.07) is 59.9. The maximum Gasteiger partial charge on any atom is 0.285 e. The van der Waals surface area contributed by atoms with Crippen molar-refractivity contribution in [2.24, 2.45) is 0 Å². The minimum Gasteiger partial charge on any atom is -0.421 e. The normalized spacial score (nSPS) is 14.6. The monoisotopic (exact) mass is 842 g/mol. The van der Waals surface area contributed by atoms with E-state index in [0.717, 1.165) is 56.8 Å². The topological polar surface area (TPSA) is 80.9 Å². The molecule has 8 rings (SSSR count). The van der Waals surface area contributed by atoms with Crippen LogP contribution in [0.2, 0.25) is 0 Å². The van der Waals surface area contributed by atoms with Crippen molar-refractivity contribution >= 4 is 47.8 Å². The van der Waals surface area contributed by atoms with Crippen LogP contribution in [0.5, 0.6) is 0 Å². The fourth-order valence-electron chi connectivity index (χ4n) is 7.24. The van der Waals surface area contributed by atoms with Gasteiger partial charge in [0.1, 0.15) is 0 Å². The SMILES string of the molecule is OC1CCCCC1.OC1CCCCC1.O[Si](c1ccccc1)(c1ccccc1)c1ccccc1.O[Si](c1ccccc1)(c1ccccc1)c1ccccc1.[Zr]. The molecular formula is C48H56O4Si2Zr. The third-order valence-electron chi connectivity index (χ3n) is 10.3. The van der Waals surface area contributed by atoms with Gasteiger partial charge in [-0.2, -0.15) is 0 Å². The molecule has 4 N–H and O–H groups in total. The standard InChI is InChI=1S/2C18H16OSi.2C6H12O.Zr/c2*19-20(16-10-4-1-5-11-16,17-12-6-2-7-13-17)18-14-8-3-9-15-18;2*7-6-4-2-1-3-5-6;/h2*1-15,19H;2*6-7H,1-5H2;. The van der Waals surface area contributed by atoms with Crippen LogP contribution in [0.25, 0.3) is 0 Å². The van der Waals surface area contributed by atoms with E-state index in [2.05, 4.69) is 0 Å². The van der Waals surface area contributed by atoms with Gasteiger partial charge >= 0.3 is 0 Å². The molecule has 6 aromatic rings. The molecule has 0 aliphatic heterocycles. The first-order valence-corrected chi connectivity index (χ1v) is 23.5. The van der Waals surface area contributed by atoms with Crippen LogP contribution in [0.3, 0.4) is 0 Å². The van der Waals surface area contributed by atoms with Crippen molar-refractivity contribution in [1.29, 1.82) is 0 Å². The second kappa shape index (κ2) is 23.5. The fourth-order valence-corrected chi connectivity index (χ4v) is 13.3. The van der Waals surface area contributed by atoms with E-state index in [4.69, 9.17) is 10.2 Å². The first-order valence-electron chi connectivity index (χ1n) is 19.6. The Labute approximate surface area is 350 Å². The summed E-state index contributed by atoms with van der Waals surface area (Å²) in [4.78, 5) is 23.1. The second-order valence-corrected chi connectivity index (χ2v) is 20.5. The zero-order valence-corrected chi connectivity index (χ0v) is 36.3. The molecule has 4 nitrogen and oxygen atoms in total. The first kappa shape index (κ1) is 44.2. The van der Waals surface area contributed by atoms with Gasteiger partial charge in [-0.05, 0) is 56.8 Å². The Kier molecular flexibility index (Phi) is 18.9. The summed E-state index contributed by atoms with van der Waals surface area (Å²) in [5, 5.41) is 23.9. The van der Waals surface area contributed by atoms with E-state index < -0.39 is 16.6 Å². The summed E-state index contributed by atoms with van der Waals surface area (Å²) in [6.45, 7) is 0. The molecule has 0 unspecified atom stereocenters. The van der Waals surface area contributed by atoms with Crippen LogP contribution in [-0.2, 0) is 26.2 Å². The summed E-state index contributed by atoms with van der Waals surface area (Å²) in [6.07, 6.45) is 11.8. The number of hydrogen-bond donors (Lipinski definition) is 4. The molecule has 6 aromatic carbocycles. The van der Waals surface area contributed by atoms with Gasteiger partial charge in [-0.3, -0.25) is 0 Å². The Balaban J connectivity index is 0.000000180. The third-order valence-corrected chi connectivity index (χ3v) is 17.3. The molecule has 2 fully saturated rings. The quantitative estimate of drug-likeness (QED) is 0.124. The number of hydrogen-bond acceptors (Lipinski definition) is 4. The van der Waals surface area contributed by atoms with Crippen molar-refractivity contribution in [3.05, 3.63) is 182 Å². The number of aliphatic hydroxyl groups is 2. The Morgan fingerprint density at radius 1 is 0.291 bits per heavy atom. The van der Waals surface area contributed by atoms with Crippen molar-refractivity contribution in [3.63, 3.8) is 0 Å². The van der Waals surface area contributed by atoms with Gasteiger partial charge in [0, 0.05) is 26.2 Å². The van der Waals surface area contributed by atoms with Gasteiger partial charge < -0.3 is 19.8 Å². The van der Waals surface area contributed by atoms with Gasteiger partial charge in [0.15, 0.2) is 0 Å². The summed E-state index contributed by atoms with van der Waals surface area (Å²) in [7, 11) is -5.76. The largest absolute Gasteiger partial charge is 0.421 e. The van der Waals surface area contributed by atoms with Crippen LogP contribution in [0.4, 0.5) is 0 Å². The third kappa shape index (κ3) is 12.7. The van der Waals surface area contributed by atoms with Gasteiger partial charge in [-0.15, -0.1) is 0 Å². The van der Waals surface area contributed by atoms with Crippen molar-refractivity contribution in [2.45, 2.75) is 76.4 Å². The Morgan fingerprint density at radius 2 is 0.455 bits per heavy atom. The van der Waals surface area contributed by atoms with Crippen molar-refractivity contribution in [1.82, 2.24) is 0 Å². The molecule has 7 heteroatoms. The molecule has 0 heterocycles. The van der Waals surface area contributed by atoms with E-state index in [1.165, 1.54) is 38.5 Å². The molecule has 2 aliphatic rings. The van der Waals surface area contributed by atoms with Crippen LogP contribution in [0.15, 0.2) is 182 Å². The average Bonchev–Trinajstić information content (AvgIpc) is 3.26. The Bertz CT molecular complexity index is 1520.